The maximum Gasteiger partial charge on any atom is 0.0741 e. The maximum absolute atomic E-state index is 2.53. The van der Waals surface area contributed by atoms with Crippen molar-refractivity contribution >= 4 is 77.1 Å². The Balaban J connectivity index is 1.05. The minimum absolute atomic E-state index is 0.602. The second-order valence-electron chi connectivity index (χ2n) is 17.9. The first kappa shape index (κ1) is 38.7. The van der Waals surface area contributed by atoms with E-state index in [0.717, 1.165) is 34.1 Å². The molecule has 11 aromatic carbocycles. The van der Waals surface area contributed by atoms with Crippen LogP contribution in [-0.4, -0.2) is 0 Å². The van der Waals surface area contributed by atoms with Gasteiger partial charge in [0.1, 0.15) is 0 Å². The maximum atomic E-state index is 2.53. The average Bonchev–Trinajstić information content (AvgIpc) is 4.04. The van der Waals surface area contributed by atoms with Gasteiger partial charge in [0.15, 0.2) is 0 Å². The number of benzene rings is 11. The van der Waals surface area contributed by atoms with Gasteiger partial charge in [-0.3, -0.25) is 0 Å². The predicted octanol–water partition coefficient (Wildman–Crippen LogP) is 18.2. The summed E-state index contributed by atoms with van der Waals surface area (Å²) < 4.78 is 1.31. The van der Waals surface area contributed by atoms with Crippen molar-refractivity contribution in [2.75, 3.05) is 9.80 Å². The van der Waals surface area contributed by atoms with E-state index in [0.29, 0.717) is 0 Å². The lowest BCUT2D eigenvalue weighted by molar-refractivity contribution is 0.802. The Morgan fingerprint density at radius 3 is 1.65 bits per heavy atom. The zero-order chi connectivity index (χ0) is 44.8. The van der Waals surface area contributed by atoms with Crippen molar-refractivity contribution < 1.29 is 0 Å². The van der Waals surface area contributed by atoms with E-state index in [2.05, 4.69) is 265 Å². The predicted molar refractivity (Wildman–Crippen MR) is 288 cm³/mol. The molecule has 1 heterocycles. The molecule has 12 aromatic rings. The monoisotopic (exact) mass is 882 g/mol. The number of hydrogen-bond donors (Lipinski definition) is 0. The number of nitrogens with zero attached hydrogens (tertiary/aromatic N) is 2. The quantitative estimate of drug-likeness (QED) is 0.147. The molecule has 0 radical (unpaired) electrons. The molecule has 1 unspecified atom stereocenters. The van der Waals surface area contributed by atoms with E-state index in [1.54, 1.807) is 0 Å². The molecule has 2 aliphatic carbocycles. The van der Waals surface area contributed by atoms with Crippen LogP contribution in [-0.2, 0) is 5.41 Å². The molecular weight excluding hydrogens is 841 g/mol. The molecule has 1 aromatic heterocycles. The van der Waals surface area contributed by atoms with Gasteiger partial charge in [-0.05, 0) is 133 Å². The Morgan fingerprint density at radius 2 is 0.882 bits per heavy atom. The summed E-state index contributed by atoms with van der Waals surface area (Å²) >= 11 is 1.93. The molecule has 0 aliphatic heterocycles. The molecule has 0 bridgehead atoms. The van der Waals surface area contributed by atoms with Crippen molar-refractivity contribution in [1.29, 1.82) is 0 Å². The summed E-state index contributed by atoms with van der Waals surface area (Å²) in [6.45, 7) is 0. The van der Waals surface area contributed by atoms with E-state index in [9.17, 15) is 0 Å². The molecular formula is C65H42N2S. The van der Waals surface area contributed by atoms with E-state index >= 15 is 0 Å². The summed E-state index contributed by atoms with van der Waals surface area (Å²) in [5.74, 6) is 0. The van der Waals surface area contributed by atoms with Gasteiger partial charge in [0.05, 0.1) is 16.8 Å². The summed E-state index contributed by atoms with van der Waals surface area (Å²) in [6, 6.07) is 94.2. The fraction of sp³-hybridized carbons (Fsp3) is 0.0154. The Hall–Kier alpha value is -8.50. The van der Waals surface area contributed by atoms with Crippen LogP contribution in [0.25, 0.3) is 64.3 Å². The highest BCUT2D eigenvalue weighted by Crippen LogP contribution is 2.68. The highest BCUT2D eigenvalue weighted by atomic mass is 32.1. The van der Waals surface area contributed by atoms with Gasteiger partial charge in [-0.2, -0.15) is 0 Å². The summed E-state index contributed by atoms with van der Waals surface area (Å²) in [5, 5.41) is 6.26. The number of rotatable bonds is 7. The van der Waals surface area contributed by atoms with Gasteiger partial charge in [0, 0.05) is 43.3 Å². The van der Waals surface area contributed by atoms with Crippen LogP contribution in [0.2, 0.25) is 0 Å². The number of hydrogen-bond acceptors (Lipinski definition) is 3. The Labute approximate surface area is 399 Å². The lowest BCUT2D eigenvalue weighted by Crippen LogP contribution is -2.26. The highest BCUT2D eigenvalue weighted by molar-refractivity contribution is 7.22. The smallest absolute Gasteiger partial charge is 0.0741 e. The zero-order valence-corrected chi connectivity index (χ0v) is 37.9. The lowest BCUT2D eigenvalue weighted by Gasteiger charge is -2.33. The standard InChI is InChI=1S/C65H42N2S/c1-4-19-43(20-5-1)44-35-37-48(38-36-44)66(46-22-6-2-7-23-46)59-33-18-32-57-62(59)53-29-14-16-31-56(53)65(57)58-42-49(39-40-54(58)64-63(65)55-30-15-17-34-61(55)68-64)67(47-24-8-3-9-25-47)60-41-45-21-10-11-26-50(45)51-27-12-13-28-52(51)60/h1-42H. The zero-order valence-electron chi connectivity index (χ0n) is 37.1. The molecule has 0 saturated heterocycles. The van der Waals surface area contributed by atoms with Crippen molar-refractivity contribution in [1.82, 2.24) is 0 Å². The van der Waals surface area contributed by atoms with Crippen LogP contribution in [0.4, 0.5) is 34.1 Å². The van der Waals surface area contributed by atoms with Gasteiger partial charge in [-0.25, -0.2) is 0 Å². The molecule has 68 heavy (non-hydrogen) atoms. The third kappa shape index (κ3) is 5.63. The van der Waals surface area contributed by atoms with Crippen LogP contribution >= 0.6 is 11.3 Å². The van der Waals surface area contributed by atoms with Gasteiger partial charge >= 0.3 is 0 Å². The largest absolute Gasteiger partial charge is 0.310 e. The van der Waals surface area contributed by atoms with Crippen LogP contribution < -0.4 is 9.80 Å². The first-order chi connectivity index (χ1) is 33.8. The van der Waals surface area contributed by atoms with E-state index < -0.39 is 5.41 Å². The summed E-state index contributed by atoms with van der Waals surface area (Å²) in [6.07, 6.45) is 0. The number of thiophene rings is 1. The van der Waals surface area contributed by atoms with E-state index in [1.807, 2.05) is 11.3 Å². The van der Waals surface area contributed by atoms with Crippen LogP contribution in [0.5, 0.6) is 0 Å². The molecule has 1 spiro atoms. The van der Waals surface area contributed by atoms with Crippen LogP contribution in [0.3, 0.4) is 0 Å². The van der Waals surface area contributed by atoms with Crippen molar-refractivity contribution in [3.63, 3.8) is 0 Å². The van der Waals surface area contributed by atoms with Gasteiger partial charge in [0.2, 0.25) is 0 Å². The first-order valence-electron chi connectivity index (χ1n) is 23.4. The average molecular weight is 883 g/mol. The summed E-state index contributed by atoms with van der Waals surface area (Å²) in [4.78, 5) is 6.30. The molecule has 0 fully saturated rings. The molecule has 0 amide bonds. The fourth-order valence-corrected chi connectivity index (χ4v) is 12.9. The van der Waals surface area contributed by atoms with Gasteiger partial charge in [-0.1, -0.05) is 188 Å². The van der Waals surface area contributed by atoms with Crippen molar-refractivity contribution in [3.8, 4) is 32.7 Å². The van der Waals surface area contributed by atoms with Crippen LogP contribution in [0, 0.1) is 0 Å². The second-order valence-corrected chi connectivity index (χ2v) is 19.0. The second kappa shape index (κ2) is 15.3. The summed E-state index contributed by atoms with van der Waals surface area (Å²) in [5.41, 5.74) is 17.7. The number of para-hydroxylation sites is 2. The highest BCUT2D eigenvalue weighted by Gasteiger charge is 2.54. The number of anilines is 6. The minimum atomic E-state index is -0.602. The molecule has 0 saturated carbocycles. The van der Waals surface area contributed by atoms with Crippen molar-refractivity contribution in [3.05, 3.63) is 277 Å². The van der Waals surface area contributed by atoms with E-state index in [4.69, 9.17) is 0 Å². The Morgan fingerprint density at radius 1 is 0.324 bits per heavy atom. The van der Waals surface area contributed by atoms with Crippen molar-refractivity contribution in [2.45, 2.75) is 5.41 Å². The molecule has 0 N–H and O–H groups in total. The molecule has 2 aliphatic rings. The third-order valence-electron chi connectivity index (χ3n) is 14.4. The topological polar surface area (TPSA) is 6.48 Å². The molecule has 3 heteroatoms. The third-order valence-corrected chi connectivity index (χ3v) is 15.6. The Kier molecular flexibility index (Phi) is 8.71. The SMILES string of the molecule is c1ccc(-c2ccc(N(c3ccccc3)c3cccc4c3-c3ccccc3C43c4cc(N(c5ccccc5)c5cc6ccccc6c6ccccc56)ccc4-c4sc5ccccc5c43)cc2)cc1. The minimum Gasteiger partial charge on any atom is -0.310 e. The Bertz CT molecular complexity index is 3910. The fourth-order valence-electron chi connectivity index (χ4n) is 11.6. The van der Waals surface area contributed by atoms with Crippen LogP contribution in [0.1, 0.15) is 22.3 Å². The van der Waals surface area contributed by atoms with E-state index in [1.165, 1.54) is 86.6 Å². The normalized spacial score (nSPS) is 14.2. The number of fused-ring (bicyclic) bond motifs is 15. The van der Waals surface area contributed by atoms with E-state index in [-0.39, 0.29) is 0 Å². The molecule has 2 nitrogen and oxygen atoms in total. The lowest BCUT2D eigenvalue weighted by atomic mass is 9.70. The van der Waals surface area contributed by atoms with Gasteiger partial charge < -0.3 is 9.80 Å². The first-order valence-corrected chi connectivity index (χ1v) is 24.2. The molecule has 318 valence electrons. The van der Waals surface area contributed by atoms with Gasteiger partial charge in [0.25, 0.3) is 0 Å². The summed E-state index contributed by atoms with van der Waals surface area (Å²) in [7, 11) is 0. The van der Waals surface area contributed by atoms with Gasteiger partial charge in [-0.15, -0.1) is 11.3 Å². The van der Waals surface area contributed by atoms with Crippen molar-refractivity contribution in [2.24, 2.45) is 0 Å². The molecule has 1 atom stereocenters. The van der Waals surface area contributed by atoms with Crippen LogP contribution in [0.15, 0.2) is 255 Å². The molecule has 14 rings (SSSR count).